The summed E-state index contributed by atoms with van der Waals surface area (Å²) in [6.45, 7) is 5.91. The van der Waals surface area contributed by atoms with Gasteiger partial charge in [0.2, 0.25) is 0 Å². The maximum absolute atomic E-state index is 12.2. The van der Waals surface area contributed by atoms with Crippen LogP contribution >= 0.6 is 0 Å². The Hall–Kier alpha value is -2.21. The summed E-state index contributed by atoms with van der Waals surface area (Å²) >= 11 is 0. The quantitative estimate of drug-likeness (QED) is 0.840. The number of nitrogens with zero attached hydrogens (tertiary/aromatic N) is 1. The Morgan fingerprint density at radius 1 is 0.917 bits per heavy atom. The van der Waals surface area contributed by atoms with Gasteiger partial charge in [0.1, 0.15) is 11.9 Å². The van der Waals surface area contributed by atoms with E-state index in [1.165, 1.54) is 24.3 Å². The molecule has 0 aliphatic carbocycles. The molecule has 0 fully saturated rings. The molecule has 1 N–H and O–H groups in total. The van der Waals surface area contributed by atoms with Gasteiger partial charge in [-0.3, -0.25) is 0 Å². The van der Waals surface area contributed by atoms with Gasteiger partial charge in [-0.05, 0) is 49.2 Å². The molecule has 24 heavy (non-hydrogen) atoms. The standard InChI is InChI=1S/C18H20F3NO2/c1-3-22(4-2)15-9-5-13(6-10-15)17(23)14-7-11-16(12-8-14)24-18(19,20)21/h5-12,17,23H,3-4H2,1-2H3. The highest BCUT2D eigenvalue weighted by atomic mass is 19.4. The zero-order chi connectivity index (χ0) is 17.7. The molecule has 2 aromatic rings. The average molecular weight is 339 g/mol. The third kappa shape index (κ3) is 4.64. The second kappa shape index (κ2) is 7.57. The van der Waals surface area contributed by atoms with Crippen molar-refractivity contribution < 1.29 is 23.0 Å². The molecule has 6 heteroatoms. The van der Waals surface area contributed by atoms with E-state index in [-0.39, 0.29) is 5.75 Å². The van der Waals surface area contributed by atoms with Gasteiger partial charge in [-0.25, -0.2) is 0 Å². The van der Waals surface area contributed by atoms with Crippen LogP contribution in [0, 0.1) is 0 Å². The van der Waals surface area contributed by atoms with Crippen LogP contribution in [0.4, 0.5) is 18.9 Å². The van der Waals surface area contributed by atoms with E-state index < -0.39 is 12.5 Å². The van der Waals surface area contributed by atoms with Gasteiger partial charge in [0.05, 0.1) is 0 Å². The molecule has 0 saturated heterocycles. The molecule has 0 aliphatic heterocycles. The van der Waals surface area contributed by atoms with Gasteiger partial charge < -0.3 is 14.7 Å². The van der Waals surface area contributed by atoms with E-state index >= 15 is 0 Å². The molecular formula is C18H20F3NO2. The van der Waals surface area contributed by atoms with Crippen molar-refractivity contribution in [1.29, 1.82) is 0 Å². The molecule has 2 rings (SSSR count). The highest BCUT2D eigenvalue weighted by Crippen LogP contribution is 2.28. The van der Waals surface area contributed by atoms with Gasteiger partial charge in [0.25, 0.3) is 0 Å². The Labute approximate surface area is 139 Å². The van der Waals surface area contributed by atoms with Crippen molar-refractivity contribution in [3.05, 3.63) is 59.7 Å². The number of aliphatic hydroxyl groups excluding tert-OH is 1. The number of benzene rings is 2. The van der Waals surface area contributed by atoms with Crippen LogP contribution in [0.25, 0.3) is 0 Å². The zero-order valence-corrected chi connectivity index (χ0v) is 13.5. The first kappa shape index (κ1) is 18.1. The Morgan fingerprint density at radius 2 is 1.38 bits per heavy atom. The smallest absolute Gasteiger partial charge is 0.406 e. The van der Waals surface area contributed by atoms with Crippen LogP contribution in [0.3, 0.4) is 0 Å². The van der Waals surface area contributed by atoms with E-state index in [4.69, 9.17) is 0 Å². The van der Waals surface area contributed by atoms with Gasteiger partial charge in [-0.2, -0.15) is 0 Å². The highest BCUT2D eigenvalue weighted by Gasteiger charge is 2.31. The van der Waals surface area contributed by atoms with Gasteiger partial charge in [0, 0.05) is 18.8 Å². The lowest BCUT2D eigenvalue weighted by molar-refractivity contribution is -0.274. The first-order chi connectivity index (χ1) is 11.3. The number of anilines is 1. The highest BCUT2D eigenvalue weighted by molar-refractivity contribution is 5.48. The summed E-state index contributed by atoms with van der Waals surface area (Å²) < 4.78 is 40.3. The molecule has 0 aliphatic rings. The number of alkyl halides is 3. The molecular weight excluding hydrogens is 319 g/mol. The maximum Gasteiger partial charge on any atom is 0.573 e. The van der Waals surface area contributed by atoms with Crippen LogP contribution in [0.5, 0.6) is 5.75 Å². The minimum Gasteiger partial charge on any atom is -0.406 e. The van der Waals surface area contributed by atoms with Gasteiger partial charge in [0.15, 0.2) is 0 Å². The molecule has 0 heterocycles. The van der Waals surface area contributed by atoms with Crippen LogP contribution in [-0.4, -0.2) is 24.6 Å². The predicted molar refractivity (Wildman–Crippen MR) is 87.2 cm³/mol. The molecule has 1 atom stereocenters. The van der Waals surface area contributed by atoms with Crippen LogP contribution in [0.15, 0.2) is 48.5 Å². The Morgan fingerprint density at radius 3 is 1.79 bits per heavy atom. The Bertz CT molecular complexity index is 635. The lowest BCUT2D eigenvalue weighted by Crippen LogP contribution is -2.21. The lowest BCUT2D eigenvalue weighted by atomic mass is 10.0. The van der Waals surface area contributed by atoms with Crippen LogP contribution < -0.4 is 9.64 Å². The second-order valence-electron chi connectivity index (χ2n) is 5.28. The summed E-state index contributed by atoms with van der Waals surface area (Å²) in [5.41, 5.74) is 2.24. The molecule has 0 spiro atoms. The third-order valence-corrected chi connectivity index (χ3v) is 3.77. The summed E-state index contributed by atoms with van der Waals surface area (Å²) in [6.07, 6.45) is -5.63. The molecule has 0 saturated carbocycles. The fraction of sp³-hybridized carbons (Fsp3) is 0.333. The van der Waals surface area contributed by atoms with Crippen LogP contribution in [0.1, 0.15) is 31.1 Å². The lowest BCUT2D eigenvalue weighted by Gasteiger charge is -2.21. The Balaban J connectivity index is 2.12. The average Bonchev–Trinajstić information content (AvgIpc) is 2.55. The molecule has 0 bridgehead atoms. The van der Waals surface area contributed by atoms with Crippen molar-refractivity contribution in [2.24, 2.45) is 0 Å². The van der Waals surface area contributed by atoms with Crippen molar-refractivity contribution >= 4 is 5.69 Å². The molecule has 130 valence electrons. The third-order valence-electron chi connectivity index (χ3n) is 3.77. The first-order valence-electron chi connectivity index (χ1n) is 7.72. The molecule has 2 aromatic carbocycles. The van der Waals surface area contributed by atoms with E-state index in [1.54, 1.807) is 0 Å². The largest absolute Gasteiger partial charge is 0.573 e. The van der Waals surface area contributed by atoms with E-state index in [1.807, 2.05) is 24.3 Å². The molecule has 0 radical (unpaired) electrons. The summed E-state index contributed by atoms with van der Waals surface area (Å²) in [5.74, 6) is -0.310. The number of halogens is 3. The van der Waals surface area contributed by atoms with Gasteiger partial charge in [-0.15, -0.1) is 13.2 Å². The van der Waals surface area contributed by atoms with Crippen molar-refractivity contribution in [3.8, 4) is 5.75 Å². The van der Waals surface area contributed by atoms with Crippen LogP contribution in [-0.2, 0) is 0 Å². The zero-order valence-electron chi connectivity index (χ0n) is 13.5. The van der Waals surface area contributed by atoms with E-state index in [2.05, 4.69) is 23.5 Å². The molecule has 1 unspecified atom stereocenters. The number of ether oxygens (including phenoxy) is 1. The number of rotatable bonds is 6. The minimum atomic E-state index is -4.72. The van der Waals surface area contributed by atoms with E-state index in [0.29, 0.717) is 11.1 Å². The number of hydrogen-bond acceptors (Lipinski definition) is 3. The summed E-state index contributed by atoms with van der Waals surface area (Å²) in [4.78, 5) is 2.18. The topological polar surface area (TPSA) is 32.7 Å². The summed E-state index contributed by atoms with van der Waals surface area (Å²) in [7, 11) is 0. The van der Waals surface area contributed by atoms with Crippen molar-refractivity contribution in [3.63, 3.8) is 0 Å². The minimum absolute atomic E-state index is 0.310. The monoisotopic (exact) mass is 339 g/mol. The first-order valence-corrected chi connectivity index (χ1v) is 7.72. The predicted octanol–water partition coefficient (Wildman–Crippen LogP) is 4.51. The second-order valence-corrected chi connectivity index (χ2v) is 5.28. The van der Waals surface area contributed by atoms with Crippen molar-refractivity contribution in [2.75, 3.05) is 18.0 Å². The number of hydrogen-bond donors (Lipinski definition) is 1. The van der Waals surface area contributed by atoms with Gasteiger partial charge in [-0.1, -0.05) is 24.3 Å². The molecule has 3 nitrogen and oxygen atoms in total. The number of aliphatic hydroxyl groups is 1. The molecule has 0 amide bonds. The van der Waals surface area contributed by atoms with Gasteiger partial charge >= 0.3 is 6.36 Å². The fourth-order valence-electron chi connectivity index (χ4n) is 2.50. The molecule has 0 aromatic heterocycles. The van der Waals surface area contributed by atoms with Crippen molar-refractivity contribution in [1.82, 2.24) is 0 Å². The SMILES string of the molecule is CCN(CC)c1ccc(C(O)c2ccc(OC(F)(F)F)cc2)cc1. The summed E-state index contributed by atoms with van der Waals surface area (Å²) in [5, 5.41) is 10.4. The maximum atomic E-state index is 12.2. The van der Waals surface area contributed by atoms with E-state index in [9.17, 15) is 18.3 Å². The Kier molecular flexibility index (Phi) is 5.72. The van der Waals surface area contributed by atoms with Crippen LogP contribution in [0.2, 0.25) is 0 Å². The summed E-state index contributed by atoms with van der Waals surface area (Å²) in [6, 6.07) is 12.7. The van der Waals surface area contributed by atoms with Crippen molar-refractivity contribution in [2.45, 2.75) is 26.3 Å². The normalized spacial score (nSPS) is 12.8. The van der Waals surface area contributed by atoms with E-state index in [0.717, 1.165) is 18.8 Å². The fourth-order valence-corrected chi connectivity index (χ4v) is 2.50.